The minimum Gasteiger partial charge on any atom is -0.372 e. The lowest BCUT2D eigenvalue weighted by molar-refractivity contribution is 0.102. The number of hydrogen-bond donors (Lipinski definition) is 1. The van der Waals surface area contributed by atoms with Gasteiger partial charge >= 0.3 is 0 Å². The Morgan fingerprint density at radius 3 is 2.50 bits per heavy atom. The Bertz CT molecular complexity index is 856. The van der Waals surface area contributed by atoms with Gasteiger partial charge in [0.2, 0.25) is 0 Å². The summed E-state index contributed by atoms with van der Waals surface area (Å²) in [7, 11) is 0. The summed E-state index contributed by atoms with van der Waals surface area (Å²) in [4.78, 5) is 18.7. The lowest BCUT2D eigenvalue weighted by atomic mass is 10.2. The third-order valence-electron chi connectivity index (χ3n) is 3.85. The van der Waals surface area contributed by atoms with Gasteiger partial charge in [0.05, 0.1) is 4.70 Å². The van der Waals surface area contributed by atoms with Crippen molar-refractivity contribution in [2.24, 2.45) is 0 Å². The molecule has 0 fully saturated rings. The maximum atomic E-state index is 13.7. The van der Waals surface area contributed by atoms with Gasteiger partial charge in [0.1, 0.15) is 11.3 Å². The van der Waals surface area contributed by atoms with Crippen LogP contribution in [0.2, 0.25) is 0 Å². The first kappa shape index (κ1) is 16.4. The molecule has 3 aromatic rings. The molecule has 1 N–H and O–H groups in total. The molecule has 0 aliphatic rings. The van der Waals surface area contributed by atoms with E-state index in [1.807, 2.05) is 12.1 Å². The number of carbonyl (C=O) groups is 1. The number of hydrogen-bond acceptors (Lipinski definition) is 4. The van der Waals surface area contributed by atoms with Crippen LogP contribution in [-0.2, 0) is 0 Å². The topological polar surface area (TPSA) is 45.2 Å². The number of thiazole rings is 1. The van der Waals surface area contributed by atoms with Gasteiger partial charge < -0.3 is 4.90 Å². The van der Waals surface area contributed by atoms with Crippen LogP contribution in [0.1, 0.15) is 24.2 Å². The summed E-state index contributed by atoms with van der Waals surface area (Å²) in [5, 5.41) is 3.14. The number of para-hydroxylation sites is 1. The monoisotopic (exact) mass is 343 g/mol. The van der Waals surface area contributed by atoms with Crippen molar-refractivity contribution in [2.45, 2.75) is 13.8 Å². The molecule has 0 spiro atoms. The van der Waals surface area contributed by atoms with E-state index in [2.05, 4.69) is 29.0 Å². The molecular formula is C18H18FN3OS. The van der Waals surface area contributed by atoms with Crippen molar-refractivity contribution in [3.05, 3.63) is 53.8 Å². The summed E-state index contributed by atoms with van der Waals surface area (Å²) in [5.74, 6) is -0.631. The molecule has 124 valence electrons. The van der Waals surface area contributed by atoms with Crippen molar-refractivity contribution in [1.82, 2.24) is 4.98 Å². The van der Waals surface area contributed by atoms with E-state index in [-0.39, 0.29) is 17.2 Å². The van der Waals surface area contributed by atoms with E-state index in [4.69, 9.17) is 0 Å². The standard InChI is InChI=1S/C18H18FN3OS/c1-3-22(4-2)13-10-8-12(9-11-13)17(23)21-18-20-16-14(19)6-5-7-15(16)24-18/h5-11H,3-4H2,1-2H3,(H,20,21,23). The fraction of sp³-hybridized carbons (Fsp3) is 0.222. The summed E-state index contributed by atoms with van der Waals surface area (Å²) in [6, 6.07) is 12.2. The Labute approximate surface area is 143 Å². The Morgan fingerprint density at radius 1 is 1.17 bits per heavy atom. The Balaban J connectivity index is 1.77. The van der Waals surface area contributed by atoms with Gasteiger partial charge in [-0.1, -0.05) is 17.4 Å². The molecule has 24 heavy (non-hydrogen) atoms. The van der Waals surface area contributed by atoms with Crippen molar-refractivity contribution < 1.29 is 9.18 Å². The second kappa shape index (κ2) is 6.97. The third-order valence-corrected chi connectivity index (χ3v) is 4.78. The van der Waals surface area contributed by atoms with E-state index in [9.17, 15) is 9.18 Å². The molecule has 0 bridgehead atoms. The summed E-state index contributed by atoms with van der Waals surface area (Å²) < 4.78 is 14.4. The molecule has 2 aromatic carbocycles. The second-order valence-corrected chi connectivity index (χ2v) is 6.31. The van der Waals surface area contributed by atoms with Crippen LogP contribution in [0, 0.1) is 5.82 Å². The molecule has 0 unspecified atom stereocenters. The Hall–Kier alpha value is -2.47. The van der Waals surface area contributed by atoms with Crippen molar-refractivity contribution in [3.8, 4) is 0 Å². The van der Waals surface area contributed by atoms with Gasteiger partial charge in [-0.05, 0) is 50.2 Å². The van der Waals surface area contributed by atoms with Gasteiger partial charge in [-0.2, -0.15) is 0 Å². The predicted octanol–water partition coefficient (Wildman–Crippen LogP) is 4.53. The largest absolute Gasteiger partial charge is 0.372 e. The van der Waals surface area contributed by atoms with E-state index in [0.717, 1.165) is 18.8 Å². The first-order valence-electron chi connectivity index (χ1n) is 7.83. The number of rotatable bonds is 5. The van der Waals surface area contributed by atoms with Gasteiger partial charge in [0.15, 0.2) is 5.13 Å². The van der Waals surface area contributed by atoms with Gasteiger partial charge in [-0.15, -0.1) is 0 Å². The number of halogens is 1. The summed E-state index contributed by atoms with van der Waals surface area (Å²) in [6.07, 6.45) is 0. The maximum Gasteiger partial charge on any atom is 0.257 e. The minimum atomic E-state index is -0.382. The van der Waals surface area contributed by atoms with Crippen LogP contribution in [0.15, 0.2) is 42.5 Å². The molecule has 0 aliphatic carbocycles. The lowest BCUT2D eigenvalue weighted by Crippen LogP contribution is -2.21. The zero-order valence-corrected chi connectivity index (χ0v) is 14.4. The molecule has 3 rings (SSSR count). The van der Waals surface area contributed by atoms with E-state index >= 15 is 0 Å². The molecule has 1 amide bonds. The minimum absolute atomic E-state index is 0.249. The first-order valence-corrected chi connectivity index (χ1v) is 8.65. The number of aromatic nitrogens is 1. The van der Waals surface area contributed by atoms with Crippen molar-refractivity contribution in [2.75, 3.05) is 23.3 Å². The molecule has 6 heteroatoms. The lowest BCUT2D eigenvalue weighted by Gasteiger charge is -2.20. The summed E-state index contributed by atoms with van der Waals surface area (Å²) in [6.45, 7) is 6.02. The van der Waals surface area contributed by atoms with Crippen LogP contribution in [0.4, 0.5) is 15.2 Å². The fourth-order valence-electron chi connectivity index (χ4n) is 2.55. The van der Waals surface area contributed by atoms with Crippen LogP contribution in [0.5, 0.6) is 0 Å². The number of carbonyl (C=O) groups excluding carboxylic acids is 1. The average molecular weight is 343 g/mol. The highest BCUT2D eigenvalue weighted by atomic mass is 32.1. The van der Waals surface area contributed by atoms with Gasteiger partial charge in [0, 0.05) is 24.3 Å². The molecule has 1 aromatic heterocycles. The number of fused-ring (bicyclic) bond motifs is 1. The van der Waals surface area contributed by atoms with Crippen LogP contribution in [-0.4, -0.2) is 24.0 Å². The van der Waals surface area contributed by atoms with E-state index < -0.39 is 0 Å². The first-order chi connectivity index (χ1) is 11.6. The zero-order valence-electron chi connectivity index (χ0n) is 13.5. The molecular weight excluding hydrogens is 325 g/mol. The van der Waals surface area contributed by atoms with Crippen molar-refractivity contribution in [3.63, 3.8) is 0 Å². The highest BCUT2D eigenvalue weighted by Gasteiger charge is 2.12. The van der Waals surface area contributed by atoms with Crippen molar-refractivity contribution in [1.29, 1.82) is 0 Å². The molecule has 1 heterocycles. The molecule has 0 aliphatic heterocycles. The molecule has 4 nitrogen and oxygen atoms in total. The number of nitrogens with zero attached hydrogens (tertiary/aromatic N) is 2. The number of amides is 1. The predicted molar refractivity (Wildman–Crippen MR) is 97.5 cm³/mol. The average Bonchev–Trinajstić information content (AvgIpc) is 3.00. The van der Waals surface area contributed by atoms with Gasteiger partial charge in [-0.3, -0.25) is 10.1 Å². The van der Waals surface area contributed by atoms with E-state index in [0.29, 0.717) is 15.4 Å². The second-order valence-electron chi connectivity index (χ2n) is 5.28. The number of benzene rings is 2. The third kappa shape index (κ3) is 3.23. The van der Waals surface area contributed by atoms with Gasteiger partial charge in [0.25, 0.3) is 5.91 Å². The van der Waals surface area contributed by atoms with Crippen LogP contribution >= 0.6 is 11.3 Å². The Kier molecular flexibility index (Phi) is 4.76. The fourth-order valence-corrected chi connectivity index (χ4v) is 3.43. The summed E-state index contributed by atoms with van der Waals surface area (Å²) >= 11 is 1.26. The highest BCUT2D eigenvalue weighted by molar-refractivity contribution is 7.22. The van der Waals surface area contributed by atoms with E-state index in [1.54, 1.807) is 24.3 Å². The SMILES string of the molecule is CCN(CC)c1ccc(C(=O)Nc2nc3c(F)cccc3s2)cc1. The Morgan fingerprint density at radius 2 is 1.88 bits per heavy atom. The number of anilines is 2. The maximum absolute atomic E-state index is 13.7. The molecule has 0 atom stereocenters. The quantitative estimate of drug-likeness (QED) is 0.740. The van der Waals surface area contributed by atoms with Crippen LogP contribution in [0.25, 0.3) is 10.2 Å². The van der Waals surface area contributed by atoms with Crippen molar-refractivity contribution >= 4 is 38.3 Å². The summed E-state index contributed by atoms with van der Waals surface area (Å²) in [5.41, 5.74) is 1.92. The highest BCUT2D eigenvalue weighted by Crippen LogP contribution is 2.28. The molecule has 0 radical (unpaired) electrons. The normalized spacial score (nSPS) is 10.8. The smallest absolute Gasteiger partial charge is 0.257 e. The molecule has 0 saturated heterocycles. The van der Waals surface area contributed by atoms with Gasteiger partial charge in [-0.25, -0.2) is 9.37 Å². The van der Waals surface area contributed by atoms with E-state index in [1.165, 1.54) is 17.4 Å². The van der Waals surface area contributed by atoms with Crippen LogP contribution < -0.4 is 10.2 Å². The zero-order chi connectivity index (χ0) is 17.1. The number of nitrogens with one attached hydrogen (secondary N) is 1. The van der Waals surface area contributed by atoms with Crippen LogP contribution in [0.3, 0.4) is 0 Å². The molecule has 0 saturated carbocycles.